The molecule has 0 fully saturated rings. The van der Waals surface area contributed by atoms with E-state index in [-0.39, 0.29) is 12.5 Å². The molecule has 0 heterocycles. The molecule has 0 atom stereocenters. The predicted molar refractivity (Wildman–Crippen MR) is 86.2 cm³/mol. The molecule has 0 aliphatic carbocycles. The summed E-state index contributed by atoms with van der Waals surface area (Å²) in [7, 11) is 0. The third-order valence-electron chi connectivity index (χ3n) is 3.10. The largest absolute Gasteiger partial charge is 0.483 e. The summed E-state index contributed by atoms with van der Waals surface area (Å²) in [4.78, 5) is 11.9. The van der Waals surface area contributed by atoms with Gasteiger partial charge < -0.3 is 10.1 Å². The lowest BCUT2D eigenvalue weighted by atomic mass is 10.1. The van der Waals surface area contributed by atoms with Crippen LogP contribution in [0.4, 0.5) is 5.69 Å². The van der Waals surface area contributed by atoms with Gasteiger partial charge in [-0.05, 0) is 55.7 Å². The first kappa shape index (κ1) is 15.4. The van der Waals surface area contributed by atoms with E-state index in [1.807, 2.05) is 51.1 Å². The summed E-state index contributed by atoms with van der Waals surface area (Å²) in [6, 6.07) is 11.4. The molecule has 0 aliphatic heterocycles. The zero-order chi connectivity index (χ0) is 15.4. The zero-order valence-corrected chi connectivity index (χ0v) is 13.1. The average Bonchev–Trinajstić information content (AvgIpc) is 2.43. The predicted octanol–water partition coefficient (Wildman–Crippen LogP) is 4.28. The molecule has 0 aliphatic rings. The number of hydrogen-bond donors (Lipinski definition) is 1. The van der Waals surface area contributed by atoms with Crippen molar-refractivity contribution in [2.45, 2.75) is 20.8 Å². The molecule has 4 heteroatoms. The second kappa shape index (κ2) is 6.64. The van der Waals surface area contributed by atoms with E-state index in [1.54, 1.807) is 6.07 Å². The number of anilines is 1. The summed E-state index contributed by atoms with van der Waals surface area (Å²) in [6.07, 6.45) is 0. The highest BCUT2D eigenvalue weighted by atomic mass is 35.5. The molecule has 0 aromatic heterocycles. The van der Waals surface area contributed by atoms with Crippen molar-refractivity contribution in [1.29, 1.82) is 0 Å². The van der Waals surface area contributed by atoms with E-state index in [2.05, 4.69) is 5.32 Å². The number of aryl methyl sites for hydroxylation is 3. The molecule has 0 bridgehead atoms. The van der Waals surface area contributed by atoms with Crippen LogP contribution in [0.2, 0.25) is 5.02 Å². The normalized spacial score (nSPS) is 10.3. The first-order valence-corrected chi connectivity index (χ1v) is 7.09. The van der Waals surface area contributed by atoms with E-state index in [0.717, 1.165) is 22.4 Å². The summed E-state index contributed by atoms with van der Waals surface area (Å²) in [5.74, 6) is 0.488. The molecule has 3 nitrogen and oxygen atoms in total. The lowest BCUT2D eigenvalue weighted by molar-refractivity contribution is -0.118. The van der Waals surface area contributed by atoms with Crippen molar-refractivity contribution < 1.29 is 9.53 Å². The van der Waals surface area contributed by atoms with E-state index in [0.29, 0.717) is 10.7 Å². The SMILES string of the molecule is Cc1ccc(NC(=O)COc2cc(C)ccc2C)c(Cl)c1. The number of carbonyl (C=O) groups excluding carboxylic acids is 1. The molecule has 2 aromatic carbocycles. The highest BCUT2D eigenvalue weighted by molar-refractivity contribution is 6.33. The molecule has 110 valence electrons. The Balaban J connectivity index is 1.97. The molecule has 0 saturated heterocycles. The molecule has 0 unspecified atom stereocenters. The molecule has 1 amide bonds. The average molecular weight is 304 g/mol. The Kier molecular flexibility index (Phi) is 4.86. The minimum atomic E-state index is -0.235. The Hall–Kier alpha value is -2.00. The number of rotatable bonds is 4. The maximum atomic E-state index is 11.9. The number of hydrogen-bond acceptors (Lipinski definition) is 2. The first-order chi connectivity index (χ1) is 9.95. The van der Waals surface area contributed by atoms with Gasteiger partial charge in [0.05, 0.1) is 10.7 Å². The summed E-state index contributed by atoms with van der Waals surface area (Å²) >= 11 is 6.08. The van der Waals surface area contributed by atoms with Crippen molar-refractivity contribution in [3.8, 4) is 5.75 Å². The summed E-state index contributed by atoms with van der Waals surface area (Å²) in [5, 5.41) is 3.27. The van der Waals surface area contributed by atoms with Gasteiger partial charge in [0.25, 0.3) is 5.91 Å². The summed E-state index contributed by atoms with van der Waals surface area (Å²) in [5.41, 5.74) is 3.74. The van der Waals surface area contributed by atoms with Gasteiger partial charge in [-0.15, -0.1) is 0 Å². The monoisotopic (exact) mass is 303 g/mol. The van der Waals surface area contributed by atoms with Gasteiger partial charge in [-0.1, -0.05) is 29.8 Å². The smallest absolute Gasteiger partial charge is 0.262 e. The van der Waals surface area contributed by atoms with Gasteiger partial charge in [-0.3, -0.25) is 4.79 Å². The Morgan fingerprint density at radius 1 is 1.10 bits per heavy atom. The summed E-state index contributed by atoms with van der Waals surface area (Å²) in [6.45, 7) is 5.83. The Morgan fingerprint density at radius 3 is 2.48 bits per heavy atom. The number of nitrogens with one attached hydrogen (secondary N) is 1. The molecule has 21 heavy (non-hydrogen) atoms. The van der Waals surface area contributed by atoms with E-state index in [1.165, 1.54) is 0 Å². The van der Waals surface area contributed by atoms with Crippen LogP contribution in [0.3, 0.4) is 0 Å². The van der Waals surface area contributed by atoms with Crippen molar-refractivity contribution in [1.82, 2.24) is 0 Å². The highest BCUT2D eigenvalue weighted by Crippen LogP contribution is 2.23. The number of benzene rings is 2. The lowest BCUT2D eigenvalue weighted by Gasteiger charge is -2.11. The van der Waals surface area contributed by atoms with Crippen LogP contribution in [0, 0.1) is 20.8 Å². The van der Waals surface area contributed by atoms with Gasteiger partial charge >= 0.3 is 0 Å². The van der Waals surface area contributed by atoms with Crippen LogP contribution < -0.4 is 10.1 Å². The van der Waals surface area contributed by atoms with Gasteiger partial charge in [0.1, 0.15) is 5.75 Å². The molecular weight excluding hydrogens is 286 g/mol. The zero-order valence-electron chi connectivity index (χ0n) is 12.4. The lowest BCUT2D eigenvalue weighted by Crippen LogP contribution is -2.20. The van der Waals surface area contributed by atoms with E-state index in [9.17, 15) is 4.79 Å². The Labute approximate surface area is 129 Å². The maximum absolute atomic E-state index is 11.9. The molecule has 2 rings (SSSR count). The van der Waals surface area contributed by atoms with E-state index >= 15 is 0 Å². The van der Waals surface area contributed by atoms with Gasteiger partial charge in [0, 0.05) is 0 Å². The van der Waals surface area contributed by atoms with Crippen LogP contribution >= 0.6 is 11.6 Å². The molecule has 0 saturated carbocycles. The quantitative estimate of drug-likeness (QED) is 0.915. The van der Waals surface area contributed by atoms with Gasteiger partial charge in [-0.25, -0.2) is 0 Å². The van der Waals surface area contributed by atoms with Crippen molar-refractivity contribution >= 4 is 23.2 Å². The van der Waals surface area contributed by atoms with Crippen LogP contribution in [-0.2, 0) is 4.79 Å². The summed E-state index contributed by atoms with van der Waals surface area (Å²) < 4.78 is 5.56. The fraction of sp³-hybridized carbons (Fsp3) is 0.235. The van der Waals surface area contributed by atoms with Crippen LogP contribution in [0.5, 0.6) is 5.75 Å². The second-order valence-electron chi connectivity index (χ2n) is 5.09. The minimum absolute atomic E-state index is 0.0471. The van der Waals surface area contributed by atoms with Crippen LogP contribution in [0.15, 0.2) is 36.4 Å². The standard InChI is InChI=1S/C17H18ClNO2/c1-11-5-7-15(14(18)8-11)19-17(20)10-21-16-9-12(2)4-6-13(16)3/h4-9H,10H2,1-3H3,(H,19,20). The topological polar surface area (TPSA) is 38.3 Å². The fourth-order valence-corrected chi connectivity index (χ4v) is 2.20. The Morgan fingerprint density at radius 2 is 1.76 bits per heavy atom. The number of amides is 1. The molecule has 0 radical (unpaired) electrons. The minimum Gasteiger partial charge on any atom is -0.483 e. The van der Waals surface area contributed by atoms with Crippen molar-refractivity contribution in [3.63, 3.8) is 0 Å². The van der Waals surface area contributed by atoms with E-state index < -0.39 is 0 Å². The van der Waals surface area contributed by atoms with Crippen molar-refractivity contribution in [3.05, 3.63) is 58.1 Å². The number of ether oxygens (including phenoxy) is 1. The molecule has 1 N–H and O–H groups in total. The third-order valence-corrected chi connectivity index (χ3v) is 3.41. The highest BCUT2D eigenvalue weighted by Gasteiger charge is 2.08. The molecule has 2 aromatic rings. The van der Waals surface area contributed by atoms with Gasteiger partial charge in [0.2, 0.25) is 0 Å². The number of halogens is 1. The molecular formula is C17H18ClNO2. The number of carbonyl (C=O) groups is 1. The van der Waals surface area contributed by atoms with Gasteiger partial charge in [-0.2, -0.15) is 0 Å². The molecule has 0 spiro atoms. The van der Waals surface area contributed by atoms with Crippen molar-refractivity contribution in [2.24, 2.45) is 0 Å². The van der Waals surface area contributed by atoms with E-state index in [4.69, 9.17) is 16.3 Å². The third kappa shape index (κ3) is 4.23. The Bertz CT molecular complexity index is 668. The van der Waals surface area contributed by atoms with Crippen molar-refractivity contribution in [2.75, 3.05) is 11.9 Å². The fourth-order valence-electron chi connectivity index (χ4n) is 1.91. The van der Waals surface area contributed by atoms with Gasteiger partial charge in [0.15, 0.2) is 6.61 Å². The van der Waals surface area contributed by atoms with Crippen LogP contribution in [0.25, 0.3) is 0 Å². The maximum Gasteiger partial charge on any atom is 0.262 e. The second-order valence-corrected chi connectivity index (χ2v) is 5.50. The van der Waals surface area contributed by atoms with Crippen LogP contribution in [-0.4, -0.2) is 12.5 Å². The van der Waals surface area contributed by atoms with Crippen LogP contribution in [0.1, 0.15) is 16.7 Å². The first-order valence-electron chi connectivity index (χ1n) is 6.72.